The third-order valence-electron chi connectivity index (χ3n) is 4.42. The Bertz CT molecular complexity index is 907. The highest BCUT2D eigenvalue weighted by Gasteiger charge is 2.23. The van der Waals surface area contributed by atoms with Gasteiger partial charge in [-0.2, -0.15) is 0 Å². The minimum atomic E-state index is 0.593. The molecule has 2 aromatic heterocycles. The number of thiophene rings is 1. The highest BCUT2D eigenvalue weighted by molar-refractivity contribution is 7.98. The molecule has 0 saturated heterocycles. The molecule has 0 unspecified atom stereocenters. The lowest BCUT2D eigenvalue weighted by molar-refractivity contribution is 0.509. The van der Waals surface area contributed by atoms with E-state index < -0.39 is 0 Å². The third-order valence-corrected chi connectivity index (χ3v) is 7.38. The molecule has 2 nitrogen and oxygen atoms in total. The van der Waals surface area contributed by atoms with E-state index in [1.807, 2.05) is 29.5 Å². The van der Waals surface area contributed by atoms with Crippen molar-refractivity contribution in [2.24, 2.45) is 5.92 Å². The Balaban J connectivity index is 1.65. The number of thioether (sulfide) groups is 1. The fourth-order valence-electron chi connectivity index (χ4n) is 3.14. The fourth-order valence-corrected chi connectivity index (χ4v) is 5.84. The number of aryl methyl sites for hydroxylation is 1. The Morgan fingerprint density at radius 1 is 1.25 bits per heavy atom. The van der Waals surface area contributed by atoms with Crippen LogP contribution >= 0.6 is 46.3 Å². The first-order chi connectivity index (χ1) is 11.6. The SMILES string of the molecule is C[C@@H]1CCc2c(sc3ncnc(SCc4ccc(Cl)c(Cl)c4)c23)C1. The number of aromatic nitrogens is 2. The van der Waals surface area contributed by atoms with Crippen LogP contribution in [-0.2, 0) is 18.6 Å². The quantitative estimate of drug-likeness (QED) is 0.378. The van der Waals surface area contributed by atoms with Crippen LogP contribution in [0.5, 0.6) is 0 Å². The van der Waals surface area contributed by atoms with Crippen molar-refractivity contribution in [2.45, 2.75) is 37.0 Å². The highest BCUT2D eigenvalue weighted by Crippen LogP contribution is 2.41. The summed E-state index contributed by atoms with van der Waals surface area (Å²) in [6, 6.07) is 5.80. The Kier molecular flexibility index (Phi) is 4.74. The summed E-state index contributed by atoms with van der Waals surface area (Å²) < 4.78 is 0. The van der Waals surface area contributed by atoms with Gasteiger partial charge in [-0.05, 0) is 48.4 Å². The van der Waals surface area contributed by atoms with Gasteiger partial charge in [0.2, 0.25) is 0 Å². The molecule has 0 radical (unpaired) electrons. The molecule has 4 rings (SSSR count). The molecule has 0 amide bonds. The topological polar surface area (TPSA) is 25.8 Å². The molecule has 0 bridgehead atoms. The van der Waals surface area contributed by atoms with E-state index in [0.29, 0.717) is 10.0 Å². The highest BCUT2D eigenvalue weighted by atomic mass is 35.5. The van der Waals surface area contributed by atoms with Crippen molar-refractivity contribution >= 4 is 56.5 Å². The lowest BCUT2D eigenvalue weighted by Crippen LogP contribution is -2.08. The maximum absolute atomic E-state index is 6.12. The largest absolute Gasteiger partial charge is 0.229 e. The minimum absolute atomic E-state index is 0.593. The summed E-state index contributed by atoms with van der Waals surface area (Å²) in [6.07, 6.45) is 5.26. The number of rotatable bonds is 3. The zero-order valence-corrected chi connectivity index (χ0v) is 16.3. The number of fused-ring (bicyclic) bond motifs is 3. The first kappa shape index (κ1) is 16.6. The molecule has 0 fully saturated rings. The van der Waals surface area contributed by atoms with E-state index in [-0.39, 0.29) is 0 Å². The molecule has 0 N–H and O–H groups in total. The number of nitrogens with zero attached hydrogens (tertiary/aromatic N) is 2. The number of hydrogen-bond acceptors (Lipinski definition) is 4. The summed E-state index contributed by atoms with van der Waals surface area (Å²) in [5.41, 5.74) is 2.63. The van der Waals surface area contributed by atoms with Crippen molar-refractivity contribution in [1.82, 2.24) is 9.97 Å². The van der Waals surface area contributed by atoms with Crippen LogP contribution in [0.2, 0.25) is 10.0 Å². The average molecular weight is 395 g/mol. The van der Waals surface area contributed by atoms with Crippen LogP contribution in [0.25, 0.3) is 10.2 Å². The number of hydrogen-bond donors (Lipinski definition) is 0. The van der Waals surface area contributed by atoms with Gasteiger partial charge in [-0.15, -0.1) is 23.1 Å². The van der Waals surface area contributed by atoms with E-state index in [1.54, 1.807) is 18.1 Å². The van der Waals surface area contributed by atoms with Crippen molar-refractivity contribution < 1.29 is 0 Å². The van der Waals surface area contributed by atoms with E-state index in [4.69, 9.17) is 23.2 Å². The summed E-state index contributed by atoms with van der Waals surface area (Å²) in [4.78, 5) is 11.7. The first-order valence-corrected chi connectivity index (χ1v) is 10.5. The van der Waals surface area contributed by atoms with E-state index in [1.165, 1.54) is 28.7 Å². The Labute approximate surface area is 159 Å². The van der Waals surface area contributed by atoms with Gasteiger partial charge in [0.25, 0.3) is 0 Å². The molecule has 0 spiro atoms. The molecular formula is C18H16Cl2N2S2. The Hall–Kier alpha value is -0.810. The van der Waals surface area contributed by atoms with Crippen LogP contribution in [-0.4, -0.2) is 9.97 Å². The summed E-state index contributed by atoms with van der Waals surface area (Å²) >= 11 is 15.7. The lowest BCUT2D eigenvalue weighted by atomic mass is 9.89. The van der Waals surface area contributed by atoms with Crippen molar-refractivity contribution in [1.29, 1.82) is 0 Å². The van der Waals surface area contributed by atoms with Gasteiger partial charge >= 0.3 is 0 Å². The first-order valence-electron chi connectivity index (χ1n) is 7.94. The zero-order valence-electron chi connectivity index (χ0n) is 13.2. The van der Waals surface area contributed by atoms with Gasteiger partial charge in [0, 0.05) is 16.0 Å². The van der Waals surface area contributed by atoms with Gasteiger partial charge in [-0.25, -0.2) is 9.97 Å². The van der Waals surface area contributed by atoms with E-state index in [2.05, 4.69) is 16.9 Å². The molecule has 6 heteroatoms. The van der Waals surface area contributed by atoms with Crippen LogP contribution in [0.4, 0.5) is 0 Å². The molecule has 0 saturated carbocycles. The normalized spacial score (nSPS) is 17.2. The van der Waals surface area contributed by atoms with Gasteiger partial charge in [0.1, 0.15) is 16.2 Å². The van der Waals surface area contributed by atoms with Gasteiger partial charge in [0.05, 0.1) is 10.0 Å². The second-order valence-electron chi connectivity index (χ2n) is 6.25. The average Bonchev–Trinajstić information content (AvgIpc) is 2.93. The van der Waals surface area contributed by atoms with E-state index in [0.717, 1.165) is 33.5 Å². The van der Waals surface area contributed by atoms with Crippen molar-refractivity contribution in [3.63, 3.8) is 0 Å². The third kappa shape index (κ3) is 3.17. The van der Waals surface area contributed by atoms with Crippen molar-refractivity contribution in [3.05, 3.63) is 50.6 Å². The molecule has 3 aromatic rings. The van der Waals surface area contributed by atoms with Gasteiger partial charge in [0.15, 0.2) is 0 Å². The number of benzene rings is 1. The van der Waals surface area contributed by atoms with Gasteiger partial charge < -0.3 is 0 Å². The summed E-state index contributed by atoms with van der Waals surface area (Å²) in [6.45, 7) is 2.33. The van der Waals surface area contributed by atoms with E-state index in [9.17, 15) is 0 Å². The predicted octanol–water partition coefficient (Wildman–Crippen LogP) is 6.42. The predicted molar refractivity (Wildman–Crippen MR) is 105 cm³/mol. The molecule has 0 aliphatic heterocycles. The zero-order chi connectivity index (χ0) is 16.7. The van der Waals surface area contributed by atoms with Crippen LogP contribution < -0.4 is 0 Å². The molecule has 2 heterocycles. The summed E-state index contributed by atoms with van der Waals surface area (Å²) in [5, 5.41) is 3.55. The smallest absolute Gasteiger partial charge is 0.128 e. The Morgan fingerprint density at radius 2 is 2.12 bits per heavy atom. The monoisotopic (exact) mass is 394 g/mol. The van der Waals surface area contributed by atoms with Crippen LogP contribution in [0.15, 0.2) is 29.6 Å². The van der Waals surface area contributed by atoms with Crippen molar-refractivity contribution in [2.75, 3.05) is 0 Å². The minimum Gasteiger partial charge on any atom is -0.229 e. The second kappa shape index (κ2) is 6.83. The lowest BCUT2D eigenvalue weighted by Gasteiger charge is -2.18. The van der Waals surface area contributed by atoms with Crippen LogP contribution in [0.3, 0.4) is 0 Å². The molecular weight excluding hydrogens is 379 g/mol. The number of halogens is 2. The second-order valence-corrected chi connectivity index (χ2v) is 9.11. The molecule has 1 aliphatic rings. The standard InChI is InChI=1S/C18H16Cl2N2S2/c1-10-2-4-12-15(6-10)24-18-16(12)17(21-9-22-18)23-8-11-3-5-13(19)14(20)7-11/h3,5,7,9-10H,2,4,6,8H2,1H3/t10-/m1/s1. The van der Waals surface area contributed by atoms with Crippen LogP contribution in [0, 0.1) is 5.92 Å². The van der Waals surface area contributed by atoms with Crippen molar-refractivity contribution in [3.8, 4) is 0 Å². The molecule has 1 aromatic carbocycles. The molecule has 1 atom stereocenters. The van der Waals surface area contributed by atoms with Crippen LogP contribution in [0.1, 0.15) is 29.3 Å². The summed E-state index contributed by atoms with van der Waals surface area (Å²) in [7, 11) is 0. The summed E-state index contributed by atoms with van der Waals surface area (Å²) in [5.74, 6) is 1.59. The van der Waals surface area contributed by atoms with E-state index >= 15 is 0 Å². The fraction of sp³-hybridized carbons (Fsp3) is 0.333. The molecule has 1 aliphatic carbocycles. The Morgan fingerprint density at radius 3 is 2.96 bits per heavy atom. The molecule has 124 valence electrons. The van der Waals surface area contributed by atoms with Gasteiger partial charge in [-0.1, -0.05) is 36.2 Å². The maximum atomic E-state index is 6.12. The van der Waals surface area contributed by atoms with Gasteiger partial charge in [-0.3, -0.25) is 0 Å². The maximum Gasteiger partial charge on any atom is 0.128 e. The molecule has 24 heavy (non-hydrogen) atoms.